The summed E-state index contributed by atoms with van der Waals surface area (Å²) in [5, 5.41) is 6.48. The van der Waals surface area contributed by atoms with Gasteiger partial charge in [0.15, 0.2) is 0 Å². The Morgan fingerprint density at radius 1 is 1.33 bits per heavy atom. The lowest BCUT2D eigenvalue weighted by molar-refractivity contribution is 0.448. The third-order valence-corrected chi connectivity index (χ3v) is 2.57. The molecule has 0 amide bonds. The van der Waals surface area contributed by atoms with Crippen LogP contribution in [0.25, 0.3) is 0 Å². The summed E-state index contributed by atoms with van der Waals surface area (Å²) in [5.41, 5.74) is 1.65. The van der Waals surface area contributed by atoms with Crippen LogP contribution in [0.4, 0.5) is 10.1 Å². The molecule has 0 aromatic heterocycles. The molecule has 1 rings (SSSR count). The number of aryl methyl sites for hydroxylation is 1. The van der Waals surface area contributed by atoms with Crippen LogP contribution in [0, 0.1) is 12.7 Å². The van der Waals surface area contributed by atoms with Gasteiger partial charge in [0.25, 0.3) is 0 Å². The van der Waals surface area contributed by atoms with Crippen LogP contribution in [-0.2, 0) is 0 Å². The minimum Gasteiger partial charge on any atom is -0.383 e. The molecule has 0 spiro atoms. The molecule has 0 atom stereocenters. The second-order valence-corrected chi connectivity index (χ2v) is 4.45. The number of hydrogen-bond acceptors (Lipinski definition) is 2. The van der Waals surface area contributed by atoms with Gasteiger partial charge in [-0.2, -0.15) is 0 Å². The Hall–Kier alpha value is -1.09. The van der Waals surface area contributed by atoms with E-state index in [-0.39, 0.29) is 11.4 Å². The van der Waals surface area contributed by atoms with Crippen LogP contribution in [0.3, 0.4) is 0 Å². The maximum atomic E-state index is 13.0. The van der Waals surface area contributed by atoms with E-state index in [9.17, 15) is 4.39 Å². The van der Waals surface area contributed by atoms with Crippen LogP contribution in [0.5, 0.6) is 0 Å². The molecule has 3 heteroatoms. The van der Waals surface area contributed by atoms with Gasteiger partial charge in [-0.05, 0) is 51.6 Å². The van der Waals surface area contributed by atoms with Crippen LogP contribution in [0.1, 0.15) is 19.4 Å². The molecule has 1 aromatic rings. The van der Waals surface area contributed by atoms with Gasteiger partial charge >= 0.3 is 0 Å². The Balaban J connectivity index is 2.62. The summed E-state index contributed by atoms with van der Waals surface area (Å²) in [5.74, 6) is -0.159. The molecule has 0 aliphatic rings. The van der Waals surface area contributed by atoms with Gasteiger partial charge in [-0.15, -0.1) is 0 Å². The zero-order chi connectivity index (χ0) is 11.5. The fourth-order valence-electron chi connectivity index (χ4n) is 1.17. The van der Waals surface area contributed by atoms with Gasteiger partial charge < -0.3 is 10.6 Å². The Morgan fingerprint density at radius 2 is 2.00 bits per heavy atom. The number of nitrogens with one attached hydrogen (secondary N) is 2. The highest BCUT2D eigenvalue weighted by Gasteiger charge is 2.13. The SMILES string of the molecule is CNC(C)(C)CNc1ccc(F)c(C)c1. The van der Waals surface area contributed by atoms with E-state index in [1.165, 1.54) is 6.07 Å². The lowest BCUT2D eigenvalue weighted by Gasteiger charge is -2.25. The summed E-state index contributed by atoms with van der Waals surface area (Å²) >= 11 is 0. The number of hydrogen-bond donors (Lipinski definition) is 2. The fourth-order valence-corrected chi connectivity index (χ4v) is 1.17. The molecule has 0 aliphatic carbocycles. The third-order valence-electron chi connectivity index (χ3n) is 2.57. The van der Waals surface area contributed by atoms with E-state index < -0.39 is 0 Å². The van der Waals surface area contributed by atoms with Crippen LogP contribution in [0.15, 0.2) is 18.2 Å². The van der Waals surface area contributed by atoms with Gasteiger partial charge in [0.1, 0.15) is 5.82 Å². The lowest BCUT2D eigenvalue weighted by Crippen LogP contribution is -2.42. The molecule has 0 saturated carbocycles. The minimum atomic E-state index is -0.159. The molecule has 84 valence electrons. The summed E-state index contributed by atoms with van der Waals surface area (Å²) in [6.45, 7) is 6.78. The summed E-state index contributed by atoms with van der Waals surface area (Å²) < 4.78 is 13.0. The standard InChI is InChI=1S/C12H19FN2/c1-9-7-10(5-6-11(9)13)15-8-12(2,3)14-4/h5-7,14-15H,8H2,1-4H3. The van der Waals surface area contributed by atoms with E-state index in [2.05, 4.69) is 24.5 Å². The molecule has 2 nitrogen and oxygen atoms in total. The van der Waals surface area contributed by atoms with Crippen molar-refractivity contribution in [1.29, 1.82) is 0 Å². The first-order valence-corrected chi connectivity index (χ1v) is 5.13. The predicted octanol–water partition coefficient (Wildman–Crippen LogP) is 2.54. The zero-order valence-electron chi connectivity index (χ0n) is 9.82. The maximum absolute atomic E-state index is 13.0. The average molecular weight is 210 g/mol. The van der Waals surface area contributed by atoms with Crippen molar-refractivity contribution in [2.75, 3.05) is 18.9 Å². The van der Waals surface area contributed by atoms with E-state index in [4.69, 9.17) is 0 Å². The van der Waals surface area contributed by atoms with Crippen molar-refractivity contribution in [2.45, 2.75) is 26.3 Å². The van der Waals surface area contributed by atoms with Gasteiger partial charge in [-0.1, -0.05) is 0 Å². The summed E-state index contributed by atoms with van der Waals surface area (Å²) in [6, 6.07) is 5.07. The first kappa shape index (κ1) is 12.0. The van der Waals surface area contributed by atoms with Crippen molar-refractivity contribution in [3.8, 4) is 0 Å². The average Bonchev–Trinajstić information content (AvgIpc) is 2.20. The molecule has 2 N–H and O–H groups in total. The number of anilines is 1. The monoisotopic (exact) mass is 210 g/mol. The van der Waals surface area contributed by atoms with Gasteiger partial charge in [0.05, 0.1) is 0 Å². The predicted molar refractivity (Wildman–Crippen MR) is 62.8 cm³/mol. The Labute approximate surface area is 90.9 Å². The van der Waals surface area contributed by atoms with E-state index >= 15 is 0 Å². The van der Waals surface area contributed by atoms with Crippen molar-refractivity contribution < 1.29 is 4.39 Å². The second kappa shape index (κ2) is 4.62. The summed E-state index contributed by atoms with van der Waals surface area (Å²) in [7, 11) is 1.93. The van der Waals surface area contributed by atoms with Crippen molar-refractivity contribution in [2.24, 2.45) is 0 Å². The minimum absolute atomic E-state index is 0.0301. The Kier molecular flexibility index (Phi) is 3.69. The van der Waals surface area contributed by atoms with Crippen LogP contribution >= 0.6 is 0 Å². The molecule has 0 unspecified atom stereocenters. The lowest BCUT2D eigenvalue weighted by atomic mass is 10.1. The molecule has 0 fully saturated rings. The normalized spacial score (nSPS) is 11.5. The molecule has 0 saturated heterocycles. The highest BCUT2D eigenvalue weighted by atomic mass is 19.1. The van der Waals surface area contributed by atoms with Crippen molar-refractivity contribution in [3.63, 3.8) is 0 Å². The van der Waals surface area contributed by atoms with Gasteiger partial charge in [0, 0.05) is 17.8 Å². The second-order valence-electron chi connectivity index (χ2n) is 4.45. The summed E-state index contributed by atoms with van der Waals surface area (Å²) in [6.07, 6.45) is 0. The first-order chi connectivity index (χ1) is 6.94. The third kappa shape index (κ3) is 3.51. The maximum Gasteiger partial charge on any atom is 0.126 e. The number of rotatable bonds is 4. The van der Waals surface area contributed by atoms with E-state index in [0.717, 1.165) is 12.2 Å². The number of benzene rings is 1. The van der Waals surface area contributed by atoms with E-state index in [1.54, 1.807) is 13.0 Å². The highest BCUT2D eigenvalue weighted by Crippen LogP contribution is 2.14. The van der Waals surface area contributed by atoms with Crippen molar-refractivity contribution in [3.05, 3.63) is 29.6 Å². The fraction of sp³-hybridized carbons (Fsp3) is 0.500. The molecule has 1 aromatic carbocycles. The van der Waals surface area contributed by atoms with Crippen molar-refractivity contribution in [1.82, 2.24) is 5.32 Å². The molecule has 0 aliphatic heterocycles. The topological polar surface area (TPSA) is 24.1 Å². The van der Waals surface area contributed by atoms with E-state index in [1.807, 2.05) is 13.1 Å². The van der Waals surface area contributed by atoms with E-state index in [0.29, 0.717) is 5.56 Å². The first-order valence-electron chi connectivity index (χ1n) is 5.13. The highest BCUT2D eigenvalue weighted by molar-refractivity contribution is 5.46. The molecular formula is C12H19FN2. The van der Waals surface area contributed by atoms with Crippen LogP contribution in [-0.4, -0.2) is 19.1 Å². The number of halogens is 1. The molecule has 0 heterocycles. The smallest absolute Gasteiger partial charge is 0.126 e. The number of likely N-dealkylation sites (N-methyl/N-ethyl adjacent to an activating group) is 1. The summed E-state index contributed by atoms with van der Waals surface area (Å²) in [4.78, 5) is 0. The van der Waals surface area contributed by atoms with Gasteiger partial charge in [0.2, 0.25) is 0 Å². The molecule has 0 radical (unpaired) electrons. The largest absolute Gasteiger partial charge is 0.383 e. The van der Waals surface area contributed by atoms with Crippen LogP contribution < -0.4 is 10.6 Å². The molecule has 0 bridgehead atoms. The Morgan fingerprint density at radius 3 is 2.53 bits per heavy atom. The Bertz CT molecular complexity index is 334. The zero-order valence-corrected chi connectivity index (χ0v) is 9.82. The van der Waals surface area contributed by atoms with Crippen molar-refractivity contribution >= 4 is 5.69 Å². The molecule has 15 heavy (non-hydrogen) atoms. The van der Waals surface area contributed by atoms with Gasteiger partial charge in [-0.25, -0.2) is 4.39 Å². The quantitative estimate of drug-likeness (QED) is 0.798. The molecular weight excluding hydrogens is 191 g/mol. The van der Waals surface area contributed by atoms with Crippen LogP contribution in [0.2, 0.25) is 0 Å². The van der Waals surface area contributed by atoms with Gasteiger partial charge in [-0.3, -0.25) is 0 Å².